The predicted octanol–water partition coefficient (Wildman–Crippen LogP) is 1.37. The van der Waals surface area contributed by atoms with E-state index >= 15 is 0 Å². The van der Waals surface area contributed by atoms with Crippen molar-refractivity contribution in [2.24, 2.45) is 0 Å². The molecule has 0 saturated heterocycles. The van der Waals surface area contributed by atoms with Gasteiger partial charge in [-0.15, -0.1) is 5.28 Å². The van der Waals surface area contributed by atoms with Crippen LogP contribution in [0.1, 0.15) is 33.6 Å². The summed E-state index contributed by atoms with van der Waals surface area (Å²) in [4.78, 5) is 0. The van der Waals surface area contributed by atoms with Gasteiger partial charge in [-0.2, -0.15) is 0 Å². The summed E-state index contributed by atoms with van der Waals surface area (Å²) in [5.74, 6) is 0. The van der Waals surface area contributed by atoms with Gasteiger partial charge in [-0.3, -0.25) is 0 Å². The van der Waals surface area contributed by atoms with Crippen molar-refractivity contribution in [1.29, 1.82) is 0 Å². The van der Waals surface area contributed by atoms with Crippen molar-refractivity contribution in [2.75, 3.05) is 13.2 Å². The zero-order valence-electron chi connectivity index (χ0n) is 8.01. The molecule has 0 aliphatic carbocycles. The SMILES string of the molecule is CCCO.CCCO.C[CH2][Al]. The van der Waals surface area contributed by atoms with Crippen molar-refractivity contribution < 1.29 is 10.2 Å². The maximum absolute atomic E-state index is 7.88. The molecule has 2 radical (unpaired) electrons. The van der Waals surface area contributed by atoms with Crippen molar-refractivity contribution in [3.63, 3.8) is 0 Å². The second-order valence-corrected chi connectivity index (χ2v) is 2.67. The summed E-state index contributed by atoms with van der Waals surface area (Å²) < 4.78 is 0. The van der Waals surface area contributed by atoms with E-state index in [0.717, 1.165) is 12.8 Å². The summed E-state index contributed by atoms with van der Waals surface area (Å²) in [6.07, 6.45) is 1.75. The quantitative estimate of drug-likeness (QED) is 0.624. The molecule has 0 aliphatic rings. The minimum Gasteiger partial charge on any atom is -0.396 e. The largest absolute Gasteiger partial charge is 0.396 e. The van der Waals surface area contributed by atoms with Gasteiger partial charge >= 0.3 is 0 Å². The van der Waals surface area contributed by atoms with Crippen LogP contribution in [0.3, 0.4) is 0 Å². The van der Waals surface area contributed by atoms with E-state index in [9.17, 15) is 0 Å². The van der Waals surface area contributed by atoms with Gasteiger partial charge in [0.25, 0.3) is 0 Å². The van der Waals surface area contributed by atoms with Crippen LogP contribution in [0.4, 0.5) is 0 Å². The molecule has 2 nitrogen and oxygen atoms in total. The molecule has 0 bridgehead atoms. The fourth-order valence-corrected chi connectivity index (χ4v) is 0. The summed E-state index contributed by atoms with van der Waals surface area (Å²) in [5, 5.41) is 16.9. The Kier molecular flexibility index (Phi) is 50.0. The van der Waals surface area contributed by atoms with Gasteiger partial charge < -0.3 is 10.2 Å². The first kappa shape index (κ1) is 17.5. The summed E-state index contributed by atoms with van der Waals surface area (Å²) in [5.41, 5.74) is 0. The average Bonchev–Trinajstić information content (AvgIpc) is 2.06. The normalized spacial score (nSPS) is 7.00. The summed E-state index contributed by atoms with van der Waals surface area (Å²) in [6, 6.07) is 0. The van der Waals surface area contributed by atoms with Crippen molar-refractivity contribution in [2.45, 2.75) is 38.9 Å². The lowest BCUT2D eigenvalue weighted by Gasteiger charge is -1.69. The molecule has 0 heterocycles. The minimum absolute atomic E-state index is 0.319. The smallest absolute Gasteiger partial charge is 0.117 e. The Hall–Kier alpha value is 0.452. The molecule has 68 valence electrons. The van der Waals surface area contributed by atoms with Gasteiger partial charge in [-0.05, 0) is 12.8 Å². The Morgan fingerprint density at radius 1 is 0.909 bits per heavy atom. The van der Waals surface area contributed by atoms with Crippen molar-refractivity contribution >= 4 is 16.3 Å². The Labute approximate surface area is 79.1 Å². The molecular formula is C8H21AlO2. The third kappa shape index (κ3) is 124. The maximum Gasteiger partial charge on any atom is 0.117 e. The highest BCUT2D eigenvalue weighted by atomic mass is 27.0. The molecule has 0 amide bonds. The maximum atomic E-state index is 7.88. The van der Waals surface area contributed by atoms with Gasteiger partial charge in [-0.25, -0.2) is 0 Å². The highest BCUT2D eigenvalue weighted by Gasteiger charge is 1.57. The predicted molar refractivity (Wildman–Crippen MR) is 51.0 cm³/mol. The zero-order chi connectivity index (χ0) is 9.54. The van der Waals surface area contributed by atoms with Crippen LogP contribution in [0.25, 0.3) is 0 Å². The Balaban J connectivity index is -0.0000000886. The number of rotatable bonds is 2. The topological polar surface area (TPSA) is 40.5 Å². The van der Waals surface area contributed by atoms with E-state index in [1.54, 1.807) is 0 Å². The van der Waals surface area contributed by atoms with Crippen molar-refractivity contribution in [1.82, 2.24) is 0 Å². The van der Waals surface area contributed by atoms with Crippen molar-refractivity contribution in [3.8, 4) is 0 Å². The number of aliphatic hydroxyl groups is 2. The Bertz CT molecular complexity index is 27.3. The number of hydrogen-bond acceptors (Lipinski definition) is 2. The van der Waals surface area contributed by atoms with Crippen molar-refractivity contribution in [3.05, 3.63) is 0 Å². The number of aliphatic hydroxyl groups excluding tert-OH is 2. The average molecular weight is 176 g/mol. The van der Waals surface area contributed by atoms with Crippen LogP contribution in [0.2, 0.25) is 5.28 Å². The highest BCUT2D eigenvalue weighted by Crippen LogP contribution is 1.61. The van der Waals surface area contributed by atoms with E-state index in [1.807, 2.05) is 13.8 Å². The second-order valence-electron chi connectivity index (χ2n) is 1.86. The first-order chi connectivity index (χ1) is 5.24. The summed E-state index contributed by atoms with van der Waals surface area (Å²) in [7, 11) is 0. The number of hydrogen-bond donors (Lipinski definition) is 2. The van der Waals surface area contributed by atoms with E-state index in [-0.39, 0.29) is 0 Å². The second kappa shape index (κ2) is 31.4. The van der Waals surface area contributed by atoms with Gasteiger partial charge in [0.1, 0.15) is 16.3 Å². The van der Waals surface area contributed by atoms with E-state index < -0.39 is 0 Å². The molecule has 0 atom stereocenters. The fourth-order valence-electron chi connectivity index (χ4n) is 0. The molecule has 0 spiro atoms. The standard InChI is InChI=1S/2C3H8O.C2H5.Al/c2*1-2-3-4;1-2;/h2*4H,2-3H2,1H3;1H2,2H3;. The van der Waals surface area contributed by atoms with Gasteiger partial charge in [0, 0.05) is 13.2 Å². The third-order valence-electron chi connectivity index (χ3n) is 0.447. The lowest BCUT2D eigenvalue weighted by atomic mass is 10.5. The molecule has 11 heavy (non-hydrogen) atoms. The summed E-state index contributed by atoms with van der Waals surface area (Å²) >= 11 is 2.58. The molecule has 3 heteroatoms. The van der Waals surface area contributed by atoms with Crippen LogP contribution < -0.4 is 0 Å². The zero-order valence-corrected chi connectivity index (χ0v) is 9.16. The lowest BCUT2D eigenvalue weighted by molar-refractivity contribution is 0.294. The van der Waals surface area contributed by atoms with Gasteiger partial charge in [0.2, 0.25) is 0 Å². The van der Waals surface area contributed by atoms with E-state index in [1.165, 1.54) is 5.28 Å². The molecule has 0 saturated carbocycles. The first-order valence-electron chi connectivity index (χ1n) is 4.16. The molecule has 0 aliphatic heterocycles. The van der Waals surface area contributed by atoms with Crippen LogP contribution >= 0.6 is 0 Å². The van der Waals surface area contributed by atoms with Gasteiger partial charge in [-0.1, -0.05) is 20.8 Å². The fraction of sp³-hybridized carbons (Fsp3) is 1.00. The molecule has 2 N–H and O–H groups in total. The monoisotopic (exact) mass is 176 g/mol. The van der Waals surface area contributed by atoms with E-state index in [4.69, 9.17) is 10.2 Å². The summed E-state index contributed by atoms with van der Waals surface area (Å²) in [6.45, 7) is 6.59. The lowest BCUT2D eigenvalue weighted by Crippen LogP contribution is -1.69. The highest BCUT2D eigenvalue weighted by molar-refractivity contribution is 6.08. The minimum atomic E-state index is 0.319. The Morgan fingerprint density at radius 2 is 1.00 bits per heavy atom. The molecule has 0 aromatic rings. The van der Waals surface area contributed by atoms with Crippen LogP contribution in [0.5, 0.6) is 0 Å². The first-order valence-corrected chi connectivity index (χ1v) is 4.98. The molecule has 0 rings (SSSR count). The van der Waals surface area contributed by atoms with E-state index in [2.05, 4.69) is 23.2 Å². The Morgan fingerprint density at radius 3 is 1.00 bits per heavy atom. The van der Waals surface area contributed by atoms with Gasteiger partial charge in [0.05, 0.1) is 0 Å². The van der Waals surface area contributed by atoms with Crippen LogP contribution in [0.15, 0.2) is 0 Å². The third-order valence-corrected chi connectivity index (χ3v) is 0.447. The van der Waals surface area contributed by atoms with E-state index in [0.29, 0.717) is 13.2 Å². The molecule has 0 unspecified atom stereocenters. The van der Waals surface area contributed by atoms with Gasteiger partial charge in [0.15, 0.2) is 0 Å². The van der Waals surface area contributed by atoms with Crippen LogP contribution in [-0.2, 0) is 0 Å². The van der Waals surface area contributed by atoms with Crippen LogP contribution in [0, 0.1) is 0 Å². The molecule has 0 fully saturated rings. The molecule has 0 aromatic carbocycles. The molecule has 0 aromatic heterocycles. The molecular weight excluding hydrogens is 155 g/mol. The van der Waals surface area contributed by atoms with Crippen LogP contribution in [-0.4, -0.2) is 39.7 Å².